The number of pyridine rings is 1. The minimum atomic E-state index is 0.385. The van der Waals surface area contributed by atoms with Gasteiger partial charge in [-0.25, -0.2) is 0 Å². The van der Waals surface area contributed by atoms with Crippen LogP contribution < -0.4 is 5.32 Å². The Bertz CT molecular complexity index is 764. The van der Waals surface area contributed by atoms with Crippen LogP contribution in [-0.2, 0) is 6.54 Å². The lowest BCUT2D eigenvalue weighted by molar-refractivity contribution is 0.527. The molecule has 108 valence electrons. The Labute approximate surface area is 132 Å². The van der Waals surface area contributed by atoms with Crippen molar-refractivity contribution in [2.45, 2.75) is 26.4 Å². The van der Waals surface area contributed by atoms with Gasteiger partial charge in [-0.05, 0) is 48.0 Å². The fraction of sp³-hybridized carbons (Fsp3) is 0.250. The van der Waals surface area contributed by atoms with Gasteiger partial charge in [0.05, 0.1) is 23.4 Å². The van der Waals surface area contributed by atoms with Crippen LogP contribution in [0.4, 0.5) is 5.69 Å². The number of anilines is 1. The minimum absolute atomic E-state index is 0.385. The van der Waals surface area contributed by atoms with Crippen LogP contribution in [0.2, 0.25) is 0 Å². The maximum absolute atomic E-state index is 4.55. The Morgan fingerprint density at radius 3 is 2.90 bits per heavy atom. The zero-order valence-electron chi connectivity index (χ0n) is 12.0. The molecule has 0 fully saturated rings. The highest BCUT2D eigenvalue weighted by Gasteiger charge is 2.05. The molecule has 0 amide bonds. The van der Waals surface area contributed by atoms with Crippen LogP contribution in [0.3, 0.4) is 0 Å². The Morgan fingerprint density at radius 1 is 1.29 bits per heavy atom. The van der Waals surface area contributed by atoms with Crippen LogP contribution >= 0.6 is 15.9 Å². The van der Waals surface area contributed by atoms with Crippen LogP contribution in [0.5, 0.6) is 0 Å². The van der Waals surface area contributed by atoms with Crippen LogP contribution in [0, 0.1) is 0 Å². The second-order valence-corrected chi connectivity index (χ2v) is 6.18. The van der Waals surface area contributed by atoms with E-state index in [1.165, 1.54) is 0 Å². The van der Waals surface area contributed by atoms with Crippen molar-refractivity contribution in [1.29, 1.82) is 0 Å². The Morgan fingerprint density at radius 2 is 2.14 bits per heavy atom. The number of halogens is 1. The van der Waals surface area contributed by atoms with Crippen molar-refractivity contribution in [2.24, 2.45) is 0 Å². The molecule has 0 radical (unpaired) electrons. The van der Waals surface area contributed by atoms with Gasteiger partial charge in [-0.15, -0.1) is 0 Å². The third-order valence-corrected chi connectivity index (χ3v) is 3.76. The van der Waals surface area contributed by atoms with E-state index < -0.39 is 0 Å². The van der Waals surface area contributed by atoms with E-state index in [1.807, 2.05) is 35.3 Å². The molecule has 0 aliphatic rings. The van der Waals surface area contributed by atoms with Crippen molar-refractivity contribution in [1.82, 2.24) is 14.8 Å². The van der Waals surface area contributed by atoms with E-state index in [0.29, 0.717) is 12.6 Å². The predicted molar refractivity (Wildman–Crippen MR) is 89.4 cm³/mol. The number of benzene rings is 1. The highest BCUT2D eigenvalue weighted by molar-refractivity contribution is 9.10. The van der Waals surface area contributed by atoms with Crippen LogP contribution in [0.25, 0.3) is 10.9 Å². The summed E-state index contributed by atoms with van der Waals surface area (Å²) < 4.78 is 2.96. The fourth-order valence-electron chi connectivity index (χ4n) is 2.22. The van der Waals surface area contributed by atoms with Gasteiger partial charge in [-0.3, -0.25) is 9.67 Å². The zero-order chi connectivity index (χ0) is 14.8. The van der Waals surface area contributed by atoms with E-state index in [4.69, 9.17) is 0 Å². The molecule has 0 saturated heterocycles. The van der Waals surface area contributed by atoms with Gasteiger partial charge < -0.3 is 5.32 Å². The van der Waals surface area contributed by atoms with Gasteiger partial charge in [0, 0.05) is 28.3 Å². The first-order valence-electron chi connectivity index (χ1n) is 6.95. The summed E-state index contributed by atoms with van der Waals surface area (Å²) in [6.45, 7) is 4.93. The van der Waals surface area contributed by atoms with E-state index in [9.17, 15) is 0 Å². The monoisotopic (exact) mass is 344 g/mol. The van der Waals surface area contributed by atoms with Crippen molar-refractivity contribution >= 4 is 32.5 Å². The molecule has 21 heavy (non-hydrogen) atoms. The van der Waals surface area contributed by atoms with Gasteiger partial charge >= 0.3 is 0 Å². The molecule has 0 unspecified atom stereocenters. The number of rotatable bonds is 4. The third-order valence-electron chi connectivity index (χ3n) is 3.33. The van der Waals surface area contributed by atoms with Crippen LogP contribution in [0.1, 0.15) is 25.6 Å². The lowest BCUT2D eigenvalue weighted by Crippen LogP contribution is -2.05. The standard InChI is InChI=1S/C16H17BrN4/c1-11(2)21-7-6-14(20-21)10-18-15-5-3-4-12-8-13(17)9-19-16(12)15/h3-9,11,18H,10H2,1-2H3. The number of para-hydroxylation sites is 1. The number of nitrogens with zero attached hydrogens (tertiary/aromatic N) is 3. The summed E-state index contributed by atoms with van der Waals surface area (Å²) in [5.74, 6) is 0. The molecule has 3 aromatic rings. The van der Waals surface area contributed by atoms with E-state index in [0.717, 1.165) is 26.8 Å². The highest BCUT2D eigenvalue weighted by atomic mass is 79.9. The molecule has 0 saturated carbocycles. The summed E-state index contributed by atoms with van der Waals surface area (Å²) in [4.78, 5) is 4.49. The molecular formula is C16H17BrN4. The maximum atomic E-state index is 4.55. The van der Waals surface area contributed by atoms with Crippen LogP contribution in [0.15, 0.2) is 47.2 Å². The van der Waals surface area contributed by atoms with Gasteiger partial charge in [0.15, 0.2) is 0 Å². The molecule has 1 aromatic carbocycles. The largest absolute Gasteiger partial charge is 0.378 e. The lowest BCUT2D eigenvalue weighted by atomic mass is 10.2. The summed E-state index contributed by atoms with van der Waals surface area (Å²) >= 11 is 3.45. The second kappa shape index (κ2) is 5.85. The van der Waals surface area contributed by atoms with Gasteiger partial charge in [0.25, 0.3) is 0 Å². The number of aromatic nitrogens is 3. The van der Waals surface area contributed by atoms with Crippen molar-refractivity contribution in [2.75, 3.05) is 5.32 Å². The summed E-state index contributed by atoms with van der Waals surface area (Å²) in [5, 5.41) is 9.08. The molecule has 0 atom stereocenters. The summed E-state index contributed by atoms with van der Waals surface area (Å²) in [6, 6.07) is 10.6. The quantitative estimate of drug-likeness (QED) is 0.763. The highest BCUT2D eigenvalue weighted by Crippen LogP contribution is 2.24. The van der Waals surface area contributed by atoms with E-state index >= 15 is 0 Å². The molecule has 1 N–H and O–H groups in total. The fourth-order valence-corrected chi connectivity index (χ4v) is 2.57. The normalized spacial score (nSPS) is 11.2. The first kappa shape index (κ1) is 14.1. The Balaban J connectivity index is 1.81. The average molecular weight is 345 g/mol. The summed E-state index contributed by atoms with van der Waals surface area (Å²) in [7, 11) is 0. The lowest BCUT2D eigenvalue weighted by Gasteiger charge is -2.08. The molecule has 0 spiro atoms. The SMILES string of the molecule is CC(C)n1ccc(CNc2cccc3cc(Br)cnc23)n1. The summed E-state index contributed by atoms with van der Waals surface area (Å²) in [5.41, 5.74) is 3.03. The maximum Gasteiger partial charge on any atom is 0.0934 e. The van der Waals surface area contributed by atoms with E-state index in [1.54, 1.807) is 0 Å². The Kier molecular flexibility index (Phi) is 3.92. The molecule has 4 nitrogen and oxygen atoms in total. The molecule has 3 rings (SSSR count). The third kappa shape index (κ3) is 3.08. The van der Waals surface area contributed by atoms with E-state index in [-0.39, 0.29) is 0 Å². The number of hydrogen-bond acceptors (Lipinski definition) is 3. The molecule has 2 aromatic heterocycles. The Hall–Kier alpha value is -1.88. The summed E-state index contributed by atoms with van der Waals surface area (Å²) in [6.07, 6.45) is 3.83. The molecule has 5 heteroatoms. The molecule has 0 bridgehead atoms. The van der Waals surface area contributed by atoms with Crippen molar-refractivity contribution in [3.8, 4) is 0 Å². The number of hydrogen-bond donors (Lipinski definition) is 1. The molecule has 2 heterocycles. The average Bonchev–Trinajstić information content (AvgIpc) is 2.93. The van der Waals surface area contributed by atoms with Crippen molar-refractivity contribution < 1.29 is 0 Å². The van der Waals surface area contributed by atoms with Gasteiger partial charge in [0.2, 0.25) is 0 Å². The molecule has 0 aliphatic carbocycles. The topological polar surface area (TPSA) is 42.7 Å². The second-order valence-electron chi connectivity index (χ2n) is 5.27. The van der Waals surface area contributed by atoms with Crippen LogP contribution in [-0.4, -0.2) is 14.8 Å². The number of nitrogens with one attached hydrogen (secondary N) is 1. The van der Waals surface area contributed by atoms with Crippen molar-refractivity contribution in [3.63, 3.8) is 0 Å². The molecular weight excluding hydrogens is 328 g/mol. The predicted octanol–water partition coefficient (Wildman–Crippen LogP) is 4.39. The number of fused-ring (bicyclic) bond motifs is 1. The zero-order valence-corrected chi connectivity index (χ0v) is 13.6. The van der Waals surface area contributed by atoms with Gasteiger partial charge in [0.1, 0.15) is 0 Å². The molecule has 0 aliphatic heterocycles. The van der Waals surface area contributed by atoms with Gasteiger partial charge in [-0.1, -0.05) is 12.1 Å². The first-order chi connectivity index (χ1) is 10.1. The first-order valence-corrected chi connectivity index (χ1v) is 7.75. The minimum Gasteiger partial charge on any atom is -0.378 e. The smallest absolute Gasteiger partial charge is 0.0934 e. The van der Waals surface area contributed by atoms with Crippen molar-refractivity contribution in [3.05, 3.63) is 52.9 Å². The van der Waals surface area contributed by atoms with Gasteiger partial charge in [-0.2, -0.15) is 5.10 Å². The van der Waals surface area contributed by atoms with E-state index in [2.05, 4.69) is 57.3 Å².